The summed E-state index contributed by atoms with van der Waals surface area (Å²) in [5, 5.41) is 13.8. The van der Waals surface area contributed by atoms with E-state index in [1.807, 2.05) is 27.2 Å². The maximum Gasteiger partial charge on any atom is 0.268 e. The van der Waals surface area contributed by atoms with Crippen LogP contribution in [0, 0.1) is 0 Å². The maximum absolute atomic E-state index is 12.9. The van der Waals surface area contributed by atoms with Crippen LogP contribution in [0.5, 0.6) is 0 Å². The molecule has 0 radical (unpaired) electrons. The van der Waals surface area contributed by atoms with Crippen molar-refractivity contribution in [2.75, 3.05) is 40.9 Å². The number of hydrogen-bond acceptors (Lipinski definition) is 6. The Hall–Kier alpha value is -2.06. The molecule has 0 aliphatic carbocycles. The smallest absolute Gasteiger partial charge is 0.268 e. The number of allylic oxidation sites excluding steroid dienone is 11. The van der Waals surface area contributed by atoms with E-state index in [0.717, 1.165) is 89.9 Å². The summed E-state index contributed by atoms with van der Waals surface area (Å²) in [6.45, 7) is 4.52. The predicted octanol–water partition coefficient (Wildman–Crippen LogP) is 14.5. The Morgan fingerprint density at radius 3 is 1.41 bits per heavy atom. The van der Waals surface area contributed by atoms with Gasteiger partial charge in [-0.25, -0.2) is 0 Å². The molecule has 0 saturated carbocycles. The molecule has 9 heteroatoms. The van der Waals surface area contributed by atoms with Gasteiger partial charge in [0.05, 0.1) is 39.9 Å². The first-order chi connectivity index (χ1) is 30.5. The Bertz CT molecular complexity index is 1250. The molecule has 0 spiro atoms. The summed E-state index contributed by atoms with van der Waals surface area (Å²) in [7, 11) is 1.24. The van der Waals surface area contributed by atoms with E-state index in [-0.39, 0.29) is 12.5 Å². The van der Waals surface area contributed by atoms with Gasteiger partial charge < -0.3 is 28.8 Å². The van der Waals surface area contributed by atoms with Gasteiger partial charge in [-0.2, -0.15) is 0 Å². The van der Waals surface area contributed by atoms with E-state index in [2.05, 4.69) is 79.9 Å². The molecule has 0 saturated heterocycles. The Balaban J connectivity index is 4.38. The lowest BCUT2D eigenvalue weighted by Crippen LogP contribution is -2.45. The van der Waals surface area contributed by atoms with E-state index >= 15 is 0 Å². The molecule has 1 amide bonds. The van der Waals surface area contributed by atoms with Crippen molar-refractivity contribution in [3.05, 3.63) is 72.9 Å². The van der Waals surface area contributed by atoms with Gasteiger partial charge in [-0.3, -0.25) is 9.36 Å². The molecule has 0 aromatic rings. The number of carbonyl (C=O) groups excluding carboxylic acids is 1. The second-order valence-corrected chi connectivity index (χ2v) is 19.9. The van der Waals surface area contributed by atoms with Crippen LogP contribution >= 0.6 is 7.82 Å². The van der Waals surface area contributed by atoms with Crippen molar-refractivity contribution in [1.29, 1.82) is 0 Å². The number of phosphoric ester groups is 1. The Kier molecular flexibility index (Phi) is 43.6. The SMILES string of the molecule is CC/C=C\C/C=C\C/C=C\C/C=C\C/C=C\CCCCCCCC(=O)NC(COP(=O)([O-])OCC[N+](C)(C)C)C(O)/C=C/CCCCCCCCCCCCCCCCCCCC. The molecule has 0 heterocycles. The summed E-state index contributed by atoms with van der Waals surface area (Å²) >= 11 is 0. The van der Waals surface area contributed by atoms with Gasteiger partial charge in [-0.15, -0.1) is 0 Å². The van der Waals surface area contributed by atoms with Crippen molar-refractivity contribution in [2.45, 2.75) is 225 Å². The molecule has 0 aliphatic heterocycles. The number of unbranched alkanes of at least 4 members (excludes halogenated alkanes) is 23. The fourth-order valence-corrected chi connectivity index (χ4v) is 7.84. The largest absolute Gasteiger partial charge is 0.756 e. The zero-order chi connectivity index (χ0) is 46.4. The molecule has 366 valence electrons. The molecule has 0 bridgehead atoms. The molecular formula is C54H99N2O6P. The lowest BCUT2D eigenvalue weighted by atomic mass is 10.0. The summed E-state index contributed by atoms with van der Waals surface area (Å²) in [4.78, 5) is 25.4. The molecule has 0 aromatic carbocycles. The van der Waals surface area contributed by atoms with E-state index in [1.165, 1.54) is 103 Å². The molecular weight excluding hydrogens is 804 g/mol. The molecule has 8 nitrogen and oxygen atoms in total. The number of aliphatic hydroxyl groups excluding tert-OH is 1. The first-order valence-electron chi connectivity index (χ1n) is 25.8. The highest BCUT2D eigenvalue weighted by Gasteiger charge is 2.23. The maximum atomic E-state index is 12.9. The molecule has 3 atom stereocenters. The van der Waals surface area contributed by atoms with Gasteiger partial charge in [0.2, 0.25) is 5.91 Å². The van der Waals surface area contributed by atoms with Crippen molar-refractivity contribution in [3.63, 3.8) is 0 Å². The summed E-state index contributed by atoms with van der Waals surface area (Å²) in [5.74, 6) is -0.218. The van der Waals surface area contributed by atoms with Crippen LogP contribution in [0.15, 0.2) is 72.9 Å². The van der Waals surface area contributed by atoms with E-state index in [9.17, 15) is 19.4 Å². The number of quaternary nitrogens is 1. The fourth-order valence-electron chi connectivity index (χ4n) is 7.12. The van der Waals surface area contributed by atoms with Crippen LogP contribution in [0.1, 0.15) is 213 Å². The number of carbonyl (C=O) groups is 1. The van der Waals surface area contributed by atoms with Gasteiger partial charge in [-0.1, -0.05) is 215 Å². The predicted molar refractivity (Wildman–Crippen MR) is 270 cm³/mol. The van der Waals surface area contributed by atoms with Crippen molar-refractivity contribution in [1.82, 2.24) is 5.32 Å². The lowest BCUT2D eigenvalue weighted by Gasteiger charge is -2.29. The van der Waals surface area contributed by atoms with Crippen LogP contribution < -0.4 is 10.2 Å². The first kappa shape index (κ1) is 60.9. The number of likely N-dealkylation sites (N-methyl/N-ethyl adjacent to an activating group) is 1. The van der Waals surface area contributed by atoms with Gasteiger partial charge in [0.15, 0.2) is 0 Å². The minimum absolute atomic E-state index is 0.00845. The Labute approximate surface area is 389 Å². The van der Waals surface area contributed by atoms with Crippen molar-refractivity contribution < 1.29 is 32.9 Å². The average molecular weight is 903 g/mol. The third kappa shape index (κ3) is 47.7. The number of rotatable bonds is 46. The number of nitrogens with one attached hydrogen (secondary N) is 1. The van der Waals surface area contributed by atoms with E-state index < -0.39 is 26.6 Å². The summed E-state index contributed by atoms with van der Waals surface area (Å²) in [5.41, 5.74) is 0. The monoisotopic (exact) mass is 903 g/mol. The third-order valence-electron chi connectivity index (χ3n) is 11.2. The zero-order valence-electron chi connectivity index (χ0n) is 41.5. The van der Waals surface area contributed by atoms with Crippen LogP contribution in [0.4, 0.5) is 0 Å². The van der Waals surface area contributed by atoms with Crippen molar-refractivity contribution in [2.24, 2.45) is 0 Å². The minimum Gasteiger partial charge on any atom is -0.756 e. The number of amides is 1. The number of aliphatic hydroxyl groups is 1. The van der Waals surface area contributed by atoms with Gasteiger partial charge >= 0.3 is 0 Å². The normalized spacial score (nSPS) is 14.7. The first-order valence-corrected chi connectivity index (χ1v) is 27.3. The van der Waals surface area contributed by atoms with Gasteiger partial charge in [0.25, 0.3) is 7.82 Å². The van der Waals surface area contributed by atoms with Crippen LogP contribution in [-0.4, -0.2) is 68.5 Å². The van der Waals surface area contributed by atoms with Gasteiger partial charge in [-0.05, 0) is 64.2 Å². The molecule has 63 heavy (non-hydrogen) atoms. The standard InChI is InChI=1S/C54H99N2O6P/c1-6-8-10-12-14-16-18-20-22-24-26-28-30-32-34-36-38-40-42-44-46-48-54(58)55-52(51-62-63(59,60)61-50-49-56(3,4)5)53(57)47-45-43-41-39-37-35-33-31-29-27-25-23-21-19-17-15-13-11-9-7-2/h8,10,14,16,20,22,26,28,32,34,45,47,52-53,57H,6-7,9,11-13,15,17-19,21,23-25,27,29-31,33,35-44,46,48-51H2,1-5H3,(H-,55,58,59,60)/b10-8-,16-14-,22-20-,28-26-,34-32-,47-45+. The Morgan fingerprint density at radius 1 is 0.571 bits per heavy atom. The van der Waals surface area contributed by atoms with Crippen LogP contribution in [0.3, 0.4) is 0 Å². The van der Waals surface area contributed by atoms with Crippen molar-refractivity contribution >= 4 is 13.7 Å². The average Bonchev–Trinajstić information content (AvgIpc) is 3.24. The van der Waals surface area contributed by atoms with Crippen LogP contribution in [-0.2, 0) is 18.4 Å². The fraction of sp³-hybridized carbons (Fsp3) is 0.759. The van der Waals surface area contributed by atoms with Crippen LogP contribution in [0.2, 0.25) is 0 Å². The second-order valence-electron chi connectivity index (χ2n) is 18.5. The highest BCUT2D eigenvalue weighted by molar-refractivity contribution is 7.45. The molecule has 2 N–H and O–H groups in total. The lowest BCUT2D eigenvalue weighted by molar-refractivity contribution is -0.870. The van der Waals surface area contributed by atoms with Crippen molar-refractivity contribution in [3.8, 4) is 0 Å². The second kappa shape index (κ2) is 45.1. The van der Waals surface area contributed by atoms with Gasteiger partial charge in [0, 0.05) is 6.42 Å². The quantitative estimate of drug-likeness (QED) is 0.0273. The molecule has 0 aliphatic rings. The molecule has 0 aromatic heterocycles. The topological polar surface area (TPSA) is 108 Å². The summed E-state index contributed by atoms with van der Waals surface area (Å²) < 4.78 is 23.3. The van der Waals surface area contributed by atoms with Crippen LogP contribution in [0.25, 0.3) is 0 Å². The number of phosphoric acid groups is 1. The van der Waals surface area contributed by atoms with E-state index in [0.29, 0.717) is 17.4 Å². The minimum atomic E-state index is -4.60. The molecule has 0 rings (SSSR count). The third-order valence-corrected chi connectivity index (χ3v) is 12.1. The van der Waals surface area contributed by atoms with Gasteiger partial charge in [0.1, 0.15) is 13.2 Å². The number of hydrogen-bond donors (Lipinski definition) is 2. The summed E-state index contributed by atoms with van der Waals surface area (Å²) in [6.07, 6.45) is 61.0. The van der Waals surface area contributed by atoms with E-state index in [1.54, 1.807) is 6.08 Å². The molecule has 3 unspecified atom stereocenters. The molecule has 0 fully saturated rings. The zero-order valence-corrected chi connectivity index (χ0v) is 42.4. The summed E-state index contributed by atoms with van der Waals surface area (Å²) in [6, 6.07) is -0.901. The number of nitrogens with zero attached hydrogens (tertiary/aromatic N) is 1. The highest BCUT2D eigenvalue weighted by Crippen LogP contribution is 2.38. The van der Waals surface area contributed by atoms with E-state index in [4.69, 9.17) is 9.05 Å². The Morgan fingerprint density at radius 2 is 0.968 bits per heavy atom. The highest BCUT2D eigenvalue weighted by atomic mass is 31.2.